The normalized spacial score (nSPS) is 28.2. The number of nitrogens with zero attached hydrogens (tertiary/aromatic N) is 1. The summed E-state index contributed by atoms with van der Waals surface area (Å²) in [7, 11) is 0. The molecule has 1 aliphatic heterocycles. The van der Waals surface area contributed by atoms with Gasteiger partial charge in [-0.05, 0) is 31.4 Å². The van der Waals surface area contributed by atoms with E-state index in [0.717, 1.165) is 31.0 Å². The number of hydrogen-bond donors (Lipinski definition) is 2. The van der Waals surface area contributed by atoms with E-state index in [2.05, 4.69) is 11.8 Å². The summed E-state index contributed by atoms with van der Waals surface area (Å²) in [6.45, 7) is 6.34. The molecule has 3 N–H and O–H groups in total. The summed E-state index contributed by atoms with van der Waals surface area (Å²) in [6, 6.07) is 4.11. The summed E-state index contributed by atoms with van der Waals surface area (Å²) >= 11 is 0. The molecule has 2 heterocycles. The van der Waals surface area contributed by atoms with Crippen molar-refractivity contribution < 1.29 is 9.52 Å². The molecule has 1 aliphatic rings. The lowest BCUT2D eigenvalue weighted by molar-refractivity contribution is 0.0141. The molecule has 0 saturated carbocycles. The standard InChI is InChI=1S/C13H22N2O2/c1-9-8-15(6-5-12(9)16)11(7-14)13-4-3-10(2)17-13/h3-4,9,11-12,16H,5-8,14H2,1-2H3. The fraction of sp³-hybridized carbons (Fsp3) is 0.692. The van der Waals surface area contributed by atoms with E-state index in [1.54, 1.807) is 0 Å². The molecule has 1 fully saturated rings. The molecule has 17 heavy (non-hydrogen) atoms. The Hall–Kier alpha value is -0.840. The van der Waals surface area contributed by atoms with Crippen LogP contribution in [0.5, 0.6) is 0 Å². The van der Waals surface area contributed by atoms with Crippen LogP contribution in [0.25, 0.3) is 0 Å². The second kappa shape index (κ2) is 5.21. The maximum Gasteiger partial charge on any atom is 0.122 e. The fourth-order valence-electron chi connectivity index (χ4n) is 2.53. The van der Waals surface area contributed by atoms with Gasteiger partial charge in [0, 0.05) is 19.6 Å². The topological polar surface area (TPSA) is 62.6 Å². The first-order valence-corrected chi connectivity index (χ1v) is 6.30. The van der Waals surface area contributed by atoms with Crippen LogP contribution in [0.4, 0.5) is 0 Å². The van der Waals surface area contributed by atoms with Gasteiger partial charge in [-0.2, -0.15) is 0 Å². The van der Waals surface area contributed by atoms with Crippen LogP contribution in [0.15, 0.2) is 16.5 Å². The van der Waals surface area contributed by atoms with Crippen molar-refractivity contribution >= 4 is 0 Å². The van der Waals surface area contributed by atoms with Crippen molar-refractivity contribution in [2.45, 2.75) is 32.4 Å². The zero-order valence-electron chi connectivity index (χ0n) is 10.6. The van der Waals surface area contributed by atoms with E-state index in [0.29, 0.717) is 12.5 Å². The van der Waals surface area contributed by atoms with Crippen LogP contribution in [-0.2, 0) is 0 Å². The Kier molecular flexibility index (Phi) is 3.86. The molecule has 4 heteroatoms. The predicted molar refractivity (Wildman–Crippen MR) is 66.6 cm³/mol. The van der Waals surface area contributed by atoms with Gasteiger partial charge in [-0.25, -0.2) is 0 Å². The van der Waals surface area contributed by atoms with Crippen LogP contribution in [-0.4, -0.2) is 35.7 Å². The van der Waals surface area contributed by atoms with Gasteiger partial charge in [0.2, 0.25) is 0 Å². The Labute approximate surface area is 102 Å². The van der Waals surface area contributed by atoms with Crippen molar-refractivity contribution in [2.24, 2.45) is 11.7 Å². The molecule has 0 amide bonds. The van der Waals surface area contributed by atoms with Gasteiger partial charge in [0.05, 0.1) is 12.1 Å². The van der Waals surface area contributed by atoms with E-state index in [1.165, 1.54) is 0 Å². The highest BCUT2D eigenvalue weighted by Crippen LogP contribution is 2.27. The van der Waals surface area contributed by atoms with Crippen molar-refractivity contribution in [3.8, 4) is 0 Å². The van der Waals surface area contributed by atoms with Gasteiger partial charge in [0.25, 0.3) is 0 Å². The van der Waals surface area contributed by atoms with Crippen molar-refractivity contribution in [3.63, 3.8) is 0 Å². The van der Waals surface area contributed by atoms with Crippen molar-refractivity contribution in [1.82, 2.24) is 4.90 Å². The van der Waals surface area contributed by atoms with Crippen molar-refractivity contribution in [1.29, 1.82) is 0 Å². The van der Waals surface area contributed by atoms with Crippen LogP contribution >= 0.6 is 0 Å². The SMILES string of the molecule is Cc1ccc(C(CN)N2CCC(O)C(C)C2)o1. The number of likely N-dealkylation sites (tertiary alicyclic amines) is 1. The lowest BCUT2D eigenvalue weighted by atomic mass is 9.95. The number of aliphatic hydroxyl groups excluding tert-OH is 1. The van der Waals surface area contributed by atoms with Crippen molar-refractivity contribution in [3.05, 3.63) is 23.7 Å². The summed E-state index contributed by atoms with van der Waals surface area (Å²) in [4.78, 5) is 2.32. The van der Waals surface area contributed by atoms with Gasteiger partial charge in [-0.15, -0.1) is 0 Å². The second-order valence-electron chi connectivity index (χ2n) is 5.03. The highest BCUT2D eigenvalue weighted by molar-refractivity contribution is 5.10. The van der Waals surface area contributed by atoms with Crippen molar-refractivity contribution in [2.75, 3.05) is 19.6 Å². The van der Waals surface area contributed by atoms with E-state index in [9.17, 15) is 5.11 Å². The van der Waals surface area contributed by atoms with Gasteiger partial charge >= 0.3 is 0 Å². The quantitative estimate of drug-likeness (QED) is 0.833. The number of nitrogens with two attached hydrogens (primary N) is 1. The highest BCUT2D eigenvalue weighted by Gasteiger charge is 2.30. The molecule has 1 aromatic heterocycles. The Bertz CT molecular complexity index is 364. The van der Waals surface area contributed by atoms with Gasteiger partial charge in [0.1, 0.15) is 11.5 Å². The Balaban J connectivity index is 2.08. The fourth-order valence-corrected chi connectivity index (χ4v) is 2.53. The minimum absolute atomic E-state index is 0.138. The number of hydrogen-bond acceptors (Lipinski definition) is 4. The lowest BCUT2D eigenvalue weighted by Crippen LogP contribution is -2.45. The maximum atomic E-state index is 9.74. The predicted octanol–water partition coefficient (Wildman–Crippen LogP) is 1.29. The zero-order valence-corrected chi connectivity index (χ0v) is 10.6. The minimum Gasteiger partial charge on any atom is -0.465 e. The third-order valence-electron chi connectivity index (χ3n) is 3.65. The van der Waals surface area contributed by atoms with Gasteiger partial charge in [-0.1, -0.05) is 6.92 Å². The Morgan fingerprint density at radius 1 is 1.59 bits per heavy atom. The molecule has 0 aliphatic carbocycles. The molecule has 1 aromatic rings. The number of furan rings is 1. The molecule has 0 bridgehead atoms. The summed E-state index contributed by atoms with van der Waals surface area (Å²) in [6.07, 6.45) is 0.639. The Morgan fingerprint density at radius 3 is 2.88 bits per heavy atom. The molecule has 3 atom stereocenters. The first-order chi connectivity index (χ1) is 8.11. The summed E-state index contributed by atoms with van der Waals surface area (Å²) < 4.78 is 5.67. The van der Waals surface area contributed by atoms with E-state index < -0.39 is 0 Å². The number of rotatable bonds is 3. The van der Waals surface area contributed by atoms with Gasteiger partial charge in [0.15, 0.2) is 0 Å². The molecule has 0 aromatic carbocycles. The van der Waals surface area contributed by atoms with Crippen LogP contribution in [0.2, 0.25) is 0 Å². The zero-order chi connectivity index (χ0) is 12.4. The first kappa shape index (κ1) is 12.6. The average molecular weight is 238 g/mol. The van der Waals surface area contributed by atoms with Crippen LogP contribution in [0.1, 0.15) is 30.9 Å². The molecule has 1 saturated heterocycles. The number of piperidine rings is 1. The molecule has 96 valence electrons. The summed E-state index contributed by atoms with van der Waals surface area (Å²) in [5.74, 6) is 2.16. The maximum absolute atomic E-state index is 9.74. The van der Waals surface area contributed by atoms with Crippen LogP contribution in [0.3, 0.4) is 0 Å². The van der Waals surface area contributed by atoms with Crippen LogP contribution < -0.4 is 5.73 Å². The number of aliphatic hydroxyl groups is 1. The highest BCUT2D eigenvalue weighted by atomic mass is 16.3. The van der Waals surface area contributed by atoms with E-state index in [4.69, 9.17) is 10.2 Å². The molecule has 0 spiro atoms. The smallest absolute Gasteiger partial charge is 0.122 e. The molecular weight excluding hydrogens is 216 g/mol. The molecule has 2 rings (SSSR count). The monoisotopic (exact) mass is 238 g/mol. The summed E-state index contributed by atoms with van der Waals surface area (Å²) in [5, 5.41) is 9.74. The third kappa shape index (κ3) is 2.70. The van der Waals surface area contributed by atoms with E-state index in [1.807, 2.05) is 19.1 Å². The first-order valence-electron chi connectivity index (χ1n) is 6.30. The molecular formula is C13H22N2O2. The molecule has 4 nitrogen and oxygen atoms in total. The third-order valence-corrected chi connectivity index (χ3v) is 3.65. The lowest BCUT2D eigenvalue weighted by Gasteiger charge is -2.38. The number of aryl methyl sites for hydroxylation is 1. The second-order valence-corrected chi connectivity index (χ2v) is 5.03. The molecule has 3 unspecified atom stereocenters. The van der Waals surface area contributed by atoms with E-state index in [-0.39, 0.29) is 12.1 Å². The van der Waals surface area contributed by atoms with Crippen LogP contribution in [0, 0.1) is 12.8 Å². The summed E-state index contributed by atoms with van der Waals surface area (Å²) in [5.41, 5.74) is 5.86. The average Bonchev–Trinajstić information content (AvgIpc) is 2.71. The van der Waals surface area contributed by atoms with Gasteiger partial charge in [-0.3, -0.25) is 4.90 Å². The molecule has 0 radical (unpaired) electrons. The Morgan fingerprint density at radius 2 is 2.35 bits per heavy atom. The minimum atomic E-state index is -0.178. The van der Waals surface area contributed by atoms with E-state index >= 15 is 0 Å². The largest absolute Gasteiger partial charge is 0.465 e. The van der Waals surface area contributed by atoms with Gasteiger partial charge < -0.3 is 15.3 Å².